The lowest BCUT2D eigenvalue weighted by Crippen LogP contribution is -2.56. The van der Waals surface area contributed by atoms with Gasteiger partial charge in [0.1, 0.15) is 12.5 Å². The Labute approximate surface area is 404 Å². The van der Waals surface area contributed by atoms with E-state index in [-0.39, 0.29) is 5.41 Å². The van der Waals surface area contributed by atoms with Gasteiger partial charge >= 0.3 is 0 Å². The maximum atomic E-state index is 5.35. The molecule has 4 nitrogen and oxygen atoms in total. The molecule has 0 spiro atoms. The molecule has 16 rings (SSSR count). The van der Waals surface area contributed by atoms with Crippen LogP contribution >= 0.6 is 0 Å². The number of hydrogen-bond acceptors (Lipinski definition) is 3. The zero-order valence-corrected chi connectivity index (χ0v) is 38.6. The Morgan fingerprint density at radius 1 is 0.406 bits per heavy atom. The van der Waals surface area contributed by atoms with Gasteiger partial charge in [0.2, 0.25) is 0 Å². The molecule has 4 saturated carbocycles. The SMILES string of the molecule is c1ccc(N2CN(c3cccc(C4(c5ccc6c7ccccc7n(-c7cc(C8(c9ccccc9)C9CC%10CC(C9)CC8C%10)ccn7)c6c5)c5ccccc5-c5ccccc54)c3)c3ccccc32)cc1. The van der Waals surface area contributed by atoms with Gasteiger partial charge in [-0.3, -0.25) is 4.57 Å². The molecule has 0 amide bonds. The van der Waals surface area contributed by atoms with E-state index in [9.17, 15) is 0 Å². The maximum Gasteiger partial charge on any atom is 0.137 e. The van der Waals surface area contributed by atoms with Gasteiger partial charge in [-0.15, -0.1) is 0 Å². The quantitative estimate of drug-likeness (QED) is 0.159. The van der Waals surface area contributed by atoms with Crippen LogP contribution in [-0.4, -0.2) is 16.2 Å². The Hall–Kier alpha value is -7.69. The van der Waals surface area contributed by atoms with Crippen LogP contribution in [0.4, 0.5) is 22.7 Å². The van der Waals surface area contributed by atoms with Gasteiger partial charge in [0.05, 0.1) is 27.8 Å². The van der Waals surface area contributed by atoms with Crippen LogP contribution in [0.15, 0.2) is 219 Å². The van der Waals surface area contributed by atoms with Crippen molar-refractivity contribution in [2.24, 2.45) is 23.7 Å². The fraction of sp³-hybridized carbons (Fsp3) is 0.185. The van der Waals surface area contributed by atoms with Gasteiger partial charge in [-0.1, -0.05) is 152 Å². The minimum atomic E-state index is -0.607. The predicted molar refractivity (Wildman–Crippen MR) is 282 cm³/mol. The molecule has 5 aliphatic carbocycles. The Balaban J connectivity index is 0.947. The molecular weight excluding hydrogens is 837 g/mol. The van der Waals surface area contributed by atoms with Crippen LogP contribution in [-0.2, 0) is 10.8 Å². The third-order valence-corrected chi connectivity index (χ3v) is 17.6. The van der Waals surface area contributed by atoms with E-state index in [0.717, 1.165) is 24.3 Å². The minimum absolute atomic E-state index is 0.0172. The van der Waals surface area contributed by atoms with E-state index >= 15 is 0 Å². The number of aromatic nitrogens is 2. The fourth-order valence-corrected chi connectivity index (χ4v) is 15.2. The maximum absolute atomic E-state index is 5.35. The van der Waals surface area contributed by atoms with Crippen LogP contribution in [0.1, 0.15) is 65.5 Å². The van der Waals surface area contributed by atoms with Crippen molar-refractivity contribution in [3.05, 3.63) is 252 Å². The Bertz CT molecular complexity index is 3570. The third-order valence-electron chi connectivity index (χ3n) is 17.6. The fourth-order valence-electron chi connectivity index (χ4n) is 15.2. The van der Waals surface area contributed by atoms with Gasteiger partial charge in [-0.2, -0.15) is 0 Å². The summed E-state index contributed by atoms with van der Waals surface area (Å²) >= 11 is 0. The lowest BCUT2D eigenvalue weighted by Gasteiger charge is -2.62. The molecule has 0 saturated heterocycles. The zero-order valence-electron chi connectivity index (χ0n) is 38.6. The lowest BCUT2D eigenvalue weighted by molar-refractivity contribution is -0.0418. The number of fused-ring (bicyclic) bond motifs is 7. The largest absolute Gasteiger partial charge is 0.321 e. The van der Waals surface area contributed by atoms with Crippen molar-refractivity contribution in [3.8, 4) is 16.9 Å². The summed E-state index contributed by atoms with van der Waals surface area (Å²) in [5.74, 6) is 4.03. The van der Waals surface area contributed by atoms with E-state index < -0.39 is 5.41 Å². The zero-order chi connectivity index (χ0) is 45.3. The molecule has 4 bridgehead atoms. The molecule has 332 valence electrons. The molecule has 0 atom stereocenters. The summed E-state index contributed by atoms with van der Waals surface area (Å²) in [5.41, 5.74) is 17.2. The smallest absolute Gasteiger partial charge is 0.137 e. The highest BCUT2D eigenvalue weighted by molar-refractivity contribution is 6.09. The number of nitrogens with zero attached hydrogens (tertiary/aromatic N) is 4. The molecule has 4 fully saturated rings. The standard InChI is InChI=1S/C65H52N4/c1-3-16-45(17-4-1)64(49-35-43-34-44(37-49)38-50(64)36-43)48-32-33-66-63(41-48)69-59-27-12-9-24-55(59)56-31-30-47(40-62(56)69)65(57-25-10-7-22-53(57)54-23-8-11-26-58(54)65)46-18-15-21-52(39-46)68-42-67(51-19-5-2-6-20-51)60-28-13-14-29-61(60)68/h1-33,39-41,43-44,49-50H,34-38,42H2. The number of rotatable bonds is 7. The first kappa shape index (κ1) is 39.3. The molecule has 6 aliphatic rings. The first-order chi connectivity index (χ1) is 34.2. The second-order valence-electron chi connectivity index (χ2n) is 20.7. The van der Waals surface area contributed by atoms with Crippen molar-refractivity contribution >= 4 is 44.6 Å². The van der Waals surface area contributed by atoms with E-state index in [1.165, 1.54) is 121 Å². The molecule has 0 unspecified atom stereocenters. The van der Waals surface area contributed by atoms with Crippen molar-refractivity contribution in [1.29, 1.82) is 0 Å². The molecule has 10 aromatic rings. The van der Waals surface area contributed by atoms with E-state index in [1.807, 2.05) is 0 Å². The van der Waals surface area contributed by atoms with Gasteiger partial charge in [0.15, 0.2) is 0 Å². The van der Waals surface area contributed by atoms with Gasteiger partial charge in [-0.25, -0.2) is 4.98 Å². The average molecular weight is 889 g/mol. The van der Waals surface area contributed by atoms with Crippen LogP contribution in [0.3, 0.4) is 0 Å². The number of anilines is 4. The highest BCUT2D eigenvalue weighted by Crippen LogP contribution is 2.65. The Morgan fingerprint density at radius 2 is 0.971 bits per heavy atom. The monoisotopic (exact) mass is 888 g/mol. The highest BCUT2D eigenvalue weighted by atomic mass is 15.4. The Morgan fingerprint density at radius 3 is 1.70 bits per heavy atom. The van der Waals surface area contributed by atoms with E-state index in [4.69, 9.17) is 4.98 Å². The summed E-state index contributed by atoms with van der Waals surface area (Å²) < 4.78 is 2.49. The van der Waals surface area contributed by atoms with Gasteiger partial charge in [-0.05, 0) is 161 Å². The van der Waals surface area contributed by atoms with Gasteiger partial charge in [0, 0.05) is 33.8 Å². The highest BCUT2D eigenvalue weighted by Gasteiger charge is 2.58. The van der Waals surface area contributed by atoms with Crippen LogP contribution in [0.2, 0.25) is 0 Å². The lowest BCUT2D eigenvalue weighted by atomic mass is 9.42. The number of hydrogen-bond donors (Lipinski definition) is 0. The molecule has 1 aliphatic heterocycles. The van der Waals surface area contributed by atoms with Crippen molar-refractivity contribution in [1.82, 2.24) is 9.55 Å². The number of pyridine rings is 1. The molecule has 0 N–H and O–H groups in total. The van der Waals surface area contributed by atoms with Crippen LogP contribution in [0, 0.1) is 23.7 Å². The van der Waals surface area contributed by atoms with Crippen molar-refractivity contribution in [2.75, 3.05) is 16.5 Å². The summed E-state index contributed by atoms with van der Waals surface area (Å²) in [6, 6.07) is 80.1. The third kappa shape index (κ3) is 5.49. The predicted octanol–water partition coefficient (Wildman–Crippen LogP) is 15.5. The van der Waals surface area contributed by atoms with E-state index in [1.54, 1.807) is 0 Å². The van der Waals surface area contributed by atoms with Gasteiger partial charge in [0.25, 0.3) is 0 Å². The second kappa shape index (κ2) is 14.9. The van der Waals surface area contributed by atoms with E-state index in [2.05, 4.69) is 233 Å². The number of para-hydroxylation sites is 4. The topological polar surface area (TPSA) is 24.3 Å². The summed E-state index contributed by atoms with van der Waals surface area (Å²) in [6.45, 7) is 0.722. The minimum Gasteiger partial charge on any atom is -0.321 e. The van der Waals surface area contributed by atoms with Crippen molar-refractivity contribution in [3.63, 3.8) is 0 Å². The summed E-state index contributed by atoms with van der Waals surface area (Å²) in [6.07, 6.45) is 8.89. The van der Waals surface area contributed by atoms with Gasteiger partial charge < -0.3 is 9.80 Å². The molecule has 3 heterocycles. The van der Waals surface area contributed by atoms with E-state index in [0.29, 0.717) is 11.8 Å². The summed E-state index contributed by atoms with van der Waals surface area (Å²) in [4.78, 5) is 10.3. The summed E-state index contributed by atoms with van der Waals surface area (Å²) in [7, 11) is 0. The van der Waals surface area contributed by atoms with Crippen molar-refractivity contribution < 1.29 is 0 Å². The molecule has 2 aromatic heterocycles. The molecule has 0 radical (unpaired) electrons. The van der Waals surface area contributed by atoms with Crippen molar-refractivity contribution in [2.45, 2.75) is 42.9 Å². The van der Waals surface area contributed by atoms with Crippen LogP contribution < -0.4 is 9.80 Å². The second-order valence-corrected chi connectivity index (χ2v) is 20.7. The first-order valence-electron chi connectivity index (χ1n) is 25.2. The molecule has 4 heteroatoms. The Kier molecular flexibility index (Phi) is 8.49. The molecule has 69 heavy (non-hydrogen) atoms. The normalized spacial score (nSPS) is 22.6. The van der Waals surface area contributed by atoms with Crippen LogP contribution in [0.25, 0.3) is 38.8 Å². The van der Waals surface area contributed by atoms with Crippen LogP contribution in [0.5, 0.6) is 0 Å². The molecule has 8 aromatic carbocycles. The average Bonchev–Trinajstić information content (AvgIpc) is 4.06. The summed E-state index contributed by atoms with van der Waals surface area (Å²) in [5, 5.41) is 2.49. The first-order valence-corrected chi connectivity index (χ1v) is 25.2. The molecular formula is C65H52N4. The number of benzene rings is 8.